The Morgan fingerprint density at radius 3 is 2.71 bits per heavy atom. The summed E-state index contributed by atoms with van der Waals surface area (Å²) in [6, 6.07) is 12.2. The van der Waals surface area contributed by atoms with Crippen LogP contribution in [0, 0.1) is 13.8 Å². The summed E-state index contributed by atoms with van der Waals surface area (Å²) in [4.78, 5) is 0. The first kappa shape index (κ1) is 14.4. The van der Waals surface area contributed by atoms with E-state index in [-0.39, 0.29) is 12.0 Å². The van der Waals surface area contributed by atoms with Gasteiger partial charge in [-0.15, -0.1) is 0 Å². The summed E-state index contributed by atoms with van der Waals surface area (Å²) in [7, 11) is 0. The van der Waals surface area contributed by atoms with Gasteiger partial charge in [-0.05, 0) is 54.7 Å². The molecular weight excluding hydrogens is 282 g/mol. The van der Waals surface area contributed by atoms with Crippen molar-refractivity contribution in [3.05, 3.63) is 63.7 Å². The van der Waals surface area contributed by atoms with Crippen molar-refractivity contribution in [3.8, 4) is 5.75 Å². The van der Waals surface area contributed by atoms with Gasteiger partial charge in [0.15, 0.2) is 0 Å². The first-order valence-corrected chi connectivity index (χ1v) is 7.69. The van der Waals surface area contributed by atoms with Crippen molar-refractivity contribution in [2.75, 3.05) is 6.61 Å². The number of hydrogen-bond donors (Lipinski definition) is 1. The molecule has 0 radical (unpaired) electrons. The minimum absolute atomic E-state index is 0.109. The second kappa shape index (κ2) is 5.70. The summed E-state index contributed by atoms with van der Waals surface area (Å²) in [6.45, 7) is 4.87. The molecule has 0 spiro atoms. The fraction of sp³-hybridized carbons (Fsp3) is 0.333. The average Bonchev–Trinajstić information content (AvgIpc) is 2.49. The number of nitrogens with two attached hydrogens (primary N) is 1. The van der Waals surface area contributed by atoms with Gasteiger partial charge in [0.25, 0.3) is 0 Å². The second-order valence-corrected chi connectivity index (χ2v) is 6.17. The predicted octanol–water partition coefficient (Wildman–Crippen LogP) is 4.52. The Morgan fingerprint density at radius 1 is 1.19 bits per heavy atom. The van der Waals surface area contributed by atoms with E-state index in [4.69, 9.17) is 22.1 Å². The van der Waals surface area contributed by atoms with E-state index in [0.717, 1.165) is 22.8 Å². The van der Waals surface area contributed by atoms with Crippen LogP contribution in [0.1, 0.15) is 40.6 Å². The Labute approximate surface area is 130 Å². The number of hydrogen-bond acceptors (Lipinski definition) is 2. The summed E-state index contributed by atoms with van der Waals surface area (Å²) in [5, 5.41) is 0.759. The molecule has 2 N–H and O–H groups in total. The Bertz CT molecular complexity index is 668. The number of benzene rings is 2. The van der Waals surface area contributed by atoms with Gasteiger partial charge in [0, 0.05) is 17.0 Å². The van der Waals surface area contributed by atoms with Crippen LogP contribution in [-0.2, 0) is 0 Å². The van der Waals surface area contributed by atoms with E-state index in [1.165, 1.54) is 16.7 Å². The van der Waals surface area contributed by atoms with Gasteiger partial charge in [-0.25, -0.2) is 0 Å². The maximum atomic E-state index is 6.56. The van der Waals surface area contributed by atoms with E-state index in [9.17, 15) is 0 Å². The Morgan fingerprint density at radius 2 is 1.90 bits per heavy atom. The molecule has 0 fully saturated rings. The lowest BCUT2D eigenvalue weighted by atomic mass is 9.83. The Kier molecular flexibility index (Phi) is 3.92. The molecule has 3 heteroatoms. The third-order valence-corrected chi connectivity index (χ3v) is 4.74. The maximum Gasteiger partial charge on any atom is 0.122 e. The number of halogens is 1. The van der Waals surface area contributed by atoms with Crippen LogP contribution in [0.4, 0.5) is 0 Å². The lowest BCUT2D eigenvalue weighted by Gasteiger charge is -2.31. The van der Waals surface area contributed by atoms with Gasteiger partial charge in [-0.3, -0.25) is 0 Å². The lowest BCUT2D eigenvalue weighted by Crippen LogP contribution is -2.25. The van der Waals surface area contributed by atoms with Crippen LogP contribution in [0.15, 0.2) is 36.4 Å². The van der Waals surface area contributed by atoms with E-state index in [1.807, 2.05) is 24.3 Å². The molecule has 0 aliphatic carbocycles. The van der Waals surface area contributed by atoms with Crippen molar-refractivity contribution in [3.63, 3.8) is 0 Å². The molecule has 2 atom stereocenters. The summed E-state index contributed by atoms with van der Waals surface area (Å²) < 4.78 is 5.72. The quantitative estimate of drug-likeness (QED) is 0.885. The molecule has 110 valence electrons. The van der Waals surface area contributed by atoms with Gasteiger partial charge in [0.1, 0.15) is 5.75 Å². The number of fused-ring (bicyclic) bond motifs is 1. The fourth-order valence-electron chi connectivity index (χ4n) is 3.02. The first-order valence-electron chi connectivity index (χ1n) is 7.32. The number of aryl methyl sites for hydroxylation is 2. The summed E-state index contributed by atoms with van der Waals surface area (Å²) in [6.07, 6.45) is 0.918. The Balaban J connectivity index is 2.00. The fourth-order valence-corrected chi connectivity index (χ4v) is 3.36. The molecule has 3 rings (SSSR count). The molecule has 0 saturated heterocycles. The van der Waals surface area contributed by atoms with Crippen molar-refractivity contribution in [1.29, 1.82) is 0 Å². The van der Waals surface area contributed by atoms with E-state index >= 15 is 0 Å². The van der Waals surface area contributed by atoms with Gasteiger partial charge < -0.3 is 10.5 Å². The zero-order chi connectivity index (χ0) is 15.0. The molecule has 1 heterocycles. The molecule has 1 aliphatic rings. The highest BCUT2D eigenvalue weighted by molar-refractivity contribution is 6.31. The number of ether oxygens (including phenoxy) is 1. The van der Waals surface area contributed by atoms with Crippen LogP contribution < -0.4 is 10.5 Å². The third-order valence-electron chi connectivity index (χ3n) is 4.41. The van der Waals surface area contributed by atoms with Gasteiger partial charge in [-0.2, -0.15) is 0 Å². The largest absolute Gasteiger partial charge is 0.493 e. The number of para-hydroxylation sites is 1. The molecule has 2 aromatic rings. The minimum Gasteiger partial charge on any atom is -0.493 e. The van der Waals surface area contributed by atoms with Crippen molar-refractivity contribution in [2.24, 2.45) is 5.73 Å². The minimum atomic E-state index is -0.109. The zero-order valence-corrected chi connectivity index (χ0v) is 13.2. The van der Waals surface area contributed by atoms with Gasteiger partial charge in [0.05, 0.1) is 6.61 Å². The molecule has 2 nitrogen and oxygen atoms in total. The lowest BCUT2D eigenvalue weighted by molar-refractivity contribution is 0.255. The summed E-state index contributed by atoms with van der Waals surface area (Å²) >= 11 is 6.43. The zero-order valence-electron chi connectivity index (χ0n) is 12.4. The van der Waals surface area contributed by atoms with Gasteiger partial charge >= 0.3 is 0 Å². The Hall–Kier alpha value is -1.51. The van der Waals surface area contributed by atoms with Crippen LogP contribution >= 0.6 is 11.6 Å². The highest BCUT2D eigenvalue weighted by atomic mass is 35.5. The van der Waals surface area contributed by atoms with Crippen LogP contribution in [0.3, 0.4) is 0 Å². The van der Waals surface area contributed by atoms with Crippen LogP contribution in [-0.4, -0.2) is 6.61 Å². The SMILES string of the molecule is Cc1cc(Cl)c(C(N)C2CCOc3ccccc32)cc1C. The van der Waals surface area contributed by atoms with Crippen LogP contribution in [0.25, 0.3) is 0 Å². The monoisotopic (exact) mass is 301 g/mol. The van der Waals surface area contributed by atoms with Crippen molar-refractivity contribution >= 4 is 11.6 Å². The topological polar surface area (TPSA) is 35.2 Å². The smallest absolute Gasteiger partial charge is 0.122 e. The summed E-state index contributed by atoms with van der Waals surface area (Å²) in [5.41, 5.74) is 11.2. The molecule has 2 unspecified atom stereocenters. The third kappa shape index (κ3) is 2.66. The van der Waals surface area contributed by atoms with Crippen molar-refractivity contribution in [1.82, 2.24) is 0 Å². The predicted molar refractivity (Wildman–Crippen MR) is 87.1 cm³/mol. The molecule has 1 aliphatic heterocycles. The molecule has 0 aromatic heterocycles. The van der Waals surface area contributed by atoms with Gasteiger partial charge in [-0.1, -0.05) is 35.9 Å². The maximum absolute atomic E-state index is 6.56. The van der Waals surface area contributed by atoms with E-state index in [2.05, 4.69) is 26.0 Å². The van der Waals surface area contributed by atoms with Gasteiger partial charge in [0.2, 0.25) is 0 Å². The highest BCUT2D eigenvalue weighted by Gasteiger charge is 2.28. The summed E-state index contributed by atoms with van der Waals surface area (Å²) in [5.74, 6) is 1.19. The van der Waals surface area contributed by atoms with Crippen LogP contribution in [0.2, 0.25) is 5.02 Å². The first-order chi connectivity index (χ1) is 10.1. The molecular formula is C18H20ClNO. The van der Waals surface area contributed by atoms with E-state index in [1.54, 1.807) is 0 Å². The van der Waals surface area contributed by atoms with E-state index < -0.39 is 0 Å². The van der Waals surface area contributed by atoms with Crippen molar-refractivity contribution < 1.29 is 4.74 Å². The molecule has 0 saturated carbocycles. The molecule has 0 amide bonds. The molecule has 21 heavy (non-hydrogen) atoms. The average molecular weight is 302 g/mol. The number of rotatable bonds is 2. The van der Waals surface area contributed by atoms with Crippen LogP contribution in [0.5, 0.6) is 5.75 Å². The molecule has 0 bridgehead atoms. The normalized spacial score (nSPS) is 18.8. The molecule has 2 aromatic carbocycles. The second-order valence-electron chi connectivity index (χ2n) is 5.77. The standard InChI is InChI=1S/C18H20ClNO/c1-11-9-15(16(19)10-12(11)2)18(20)14-7-8-21-17-6-4-3-5-13(14)17/h3-6,9-10,14,18H,7-8,20H2,1-2H3. The van der Waals surface area contributed by atoms with Crippen molar-refractivity contribution in [2.45, 2.75) is 32.2 Å². The highest BCUT2D eigenvalue weighted by Crippen LogP contribution is 2.42. The van der Waals surface area contributed by atoms with E-state index in [0.29, 0.717) is 6.61 Å².